The summed E-state index contributed by atoms with van der Waals surface area (Å²) in [5, 5.41) is 3.08. The van der Waals surface area contributed by atoms with Gasteiger partial charge in [-0.2, -0.15) is 13.2 Å². The second-order valence-corrected chi connectivity index (χ2v) is 6.76. The fraction of sp³-hybridized carbons (Fsp3) is 0.143. The molecule has 4 nitrogen and oxygen atoms in total. The molecule has 1 N–H and O–H groups in total. The minimum Gasteiger partial charge on any atom is -0.348 e. The first-order valence-corrected chi connectivity index (χ1v) is 8.98. The first-order chi connectivity index (χ1) is 13.7. The lowest BCUT2D eigenvalue weighted by Crippen LogP contribution is -2.33. The first kappa shape index (κ1) is 20.7. The molecule has 1 heterocycles. The summed E-state index contributed by atoms with van der Waals surface area (Å²) < 4.78 is 40.2. The van der Waals surface area contributed by atoms with Crippen molar-refractivity contribution in [2.45, 2.75) is 19.6 Å². The highest BCUT2D eigenvalue weighted by atomic mass is 35.5. The van der Waals surface area contributed by atoms with E-state index in [1.807, 2.05) is 0 Å². The number of aryl methyl sites for hydroxylation is 1. The van der Waals surface area contributed by atoms with Crippen LogP contribution in [0.2, 0.25) is 5.02 Å². The second kappa shape index (κ2) is 8.13. The van der Waals surface area contributed by atoms with Gasteiger partial charge in [-0.1, -0.05) is 35.9 Å². The molecule has 1 aromatic heterocycles. The third-order valence-electron chi connectivity index (χ3n) is 4.35. The lowest BCUT2D eigenvalue weighted by Gasteiger charge is -2.14. The molecule has 0 atom stereocenters. The van der Waals surface area contributed by atoms with Crippen LogP contribution in [0.1, 0.15) is 27.2 Å². The van der Waals surface area contributed by atoms with Crippen molar-refractivity contribution in [3.63, 3.8) is 0 Å². The molecule has 0 aliphatic heterocycles. The first-order valence-electron chi connectivity index (χ1n) is 8.60. The summed E-state index contributed by atoms with van der Waals surface area (Å²) in [6.07, 6.45) is -4.54. The van der Waals surface area contributed by atoms with E-state index in [-0.39, 0.29) is 17.8 Å². The van der Waals surface area contributed by atoms with E-state index in [1.165, 1.54) is 24.3 Å². The van der Waals surface area contributed by atoms with Gasteiger partial charge in [-0.25, -0.2) is 0 Å². The molecule has 0 radical (unpaired) electrons. The molecule has 8 heteroatoms. The van der Waals surface area contributed by atoms with E-state index in [1.54, 1.807) is 31.2 Å². The quantitative estimate of drug-likeness (QED) is 0.662. The van der Waals surface area contributed by atoms with E-state index in [2.05, 4.69) is 5.32 Å². The molecule has 29 heavy (non-hydrogen) atoms. The standard InChI is InChI=1S/C21H16ClF3N2O2/c1-13-9-10-17(19(28)26-12-14-5-2-3-8-18(14)22)20(29)27(13)16-7-4-6-15(11-16)21(23,24)25/h2-11H,12H2,1H3,(H,26,28). The van der Waals surface area contributed by atoms with Crippen LogP contribution in [0.5, 0.6) is 0 Å². The lowest BCUT2D eigenvalue weighted by atomic mass is 10.1. The Morgan fingerprint density at radius 2 is 1.79 bits per heavy atom. The molecule has 0 fully saturated rings. The van der Waals surface area contributed by atoms with Crippen molar-refractivity contribution in [3.05, 3.63) is 98.4 Å². The lowest BCUT2D eigenvalue weighted by molar-refractivity contribution is -0.137. The normalized spacial score (nSPS) is 11.3. The van der Waals surface area contributed by atoms with E-state index >= 15 is 0 Å². The number of aromatic nitrogens is 1. The van der Waals surface area contributed by atoms with Gasteiger partial charge in [0.25, 0.3) is 11.5 Å². The number of carbonyl (C=O) groups is 1. The number of hydrogen-bond acceptors (Lipinski definition) is 2. The maximum absolute atomic E-state index is 13.0. The number of halogens is 4. The Morgan fingerprint density at radius 1 is 1.07 bits per heavy atom. The average molecular weight is 421 g/mol. The monoisotopic (exact) mass is 420 g/mol. The molecule has 0 unspecified atom stereocenters. The summed E-state index contributed by atoms with van der Waals surface area (Å²) in [5.41, 5.74) is -0.663. The Bertz CT molecular complexity index is 1120. The highest BCUT2D eigenvalue weighted by Gasteiger charge is 2.30. The maximum atomic E-state index is 13.0. The van der Waals surface area contributed by atoms with E-state index in [0.717, 1.165) is 16.7 Å². The Balaban J connectivity index is 1.94. The Kier molecular flexibility index (Phi) is 5.79. The van der Waals surface area contributed by atoms with Crippen LogP contribution in [0.15, 0.2) is 65.5 Å². The molecule has 3 rings (SSSR count). The average Bonchev–Trinajstić information content (AvgIpc) is 2.67. The van der Waals surface area contributed by atoms with Crippen molar-refractivity contribution in [3.8, 4) is 5.69 Å². The topological polar surface area (TPSA) is 51.1 Å². The highest BCUT2D eigenvalue weighted by Crippen LogP contribution is 2.30. The molecule has 3 aromatic rings. The molecular formula is C21H16ClF3N2O2. The van der Waals surface area contributed by atoms with Gasteiger partial charge in [0, 0.05) is 22.9 Å². The zero-order chi connectivity index (χ0) is 21.2. The molecule has 0 saturated carbocycles. The molecule has 0 saturated heterocycles. The van der Waals surface area contributed by atoms with Gasteiger partial charge in [0.2, 0.25) is 0 Å². The van der Waals surface area contributed by atoms with Gasteiger partial charge in [-0.05, 0) is 48.9 Å². The fourth-order valence-corrected chi connectivity index (χ4v) is 3.06. The van der Waals surface area contributed by atoms with Crippen LogP contribution in [0.25, 0.3) is 5.69 Å². The minimum absolute atomic E-state index is 0.0306. The number of amides is 1. The van der Waals surface area contributed by atoms with E-state index in [4.69, 9.17) is 11.6 Å². The molecule has 0 spiro atoms. The maximum Gasteiger partial charge on any atom is 0.416 e. The third-order valence-corrected chi connectivity index (χ3v) is 4.72. The van der Waals surface area contributed by atoms with Gasteiger partial charge < -0.3 is 5.32 Å². The minimum atomic E-state index is -4.54. The van der Waals surface area contributed by atoms with Crippen molar-refractivity contribution in [2.75, 3.05) is 0 Å². The number of alkyl halides is 3. The predicted octanol–water partition coefficient (Wildman–Crippen LogP) is 4.75. The number of pyridine rings is 1. The van der Waals surface area contributed by atoms with Gasteiger partial charge >= 0.3 is 6.18 Å². The van der Waals surface area contributed by atoms with Gasteiger partial charge in [0.05, 0.1) is 5.56 Å². The van der Waals surface area contributed by atoms with Crippen LogP contribution >= 0.6 is 11.6 Å². The number of nitrogens with one attached hydrogen (secondary N) is 1. The summed E-state index contributed by atoms with van der Waals surface area (Å²) >= 11 is 6.05. The van der Waals surface area contributed by atoms with Crippen molar-refractivity contribution in [1.29, 1.82) is 0 Å². The summed E-state index contributed by atoms with van der Waals surface area (Å²) in [6.45, 7) is 1.68. The van der Waals surface area contributed by atoms with Crippen LogP contribution in [0.3, 0.4) is 0 Å². The van der Waals surface area contributed by atoms with Gasteiger partial charge in [0.1, 0.15) is 5.56 Å². The molecule has 1 amide bonds. The predicted molar refractivity (Wildman–Crippen MR) is 104 cm³/mol. The summed E-state index contributed by atoms with van der Waals surface area (Å²) in [4.78, 5) is 25.4. The van der Waals surface area contributed by atoms with E-state index < -0.39 is 23.2 Å². The fourth-order valence-electron chi connectivity index (χ4n) is 2.86. The number of rotatable bonds is 4. The molecule has 0 aliphatic rings. The highest BCUT2D eigenvalue weighted by molar-refractivity contribution is 6.31. The van der Waals surface area contributed by atoms with E-state index in [9.17, 15) is 22.8 Å². The SMILES string of the molecule is Cc1ccc(C(=O)NCc2ccccc2Cl)c(=O)n1-c1cccc(C(F)(F)F)c1. The summed E-state index contributed by atoms with van der Waals surface area (Å²) in [7, 11) is 0. The van der Waals surface area contributed by atoms with E-state index in [0.29, 0.717) is 16.3 Å². The van der Waals surface area contributed by atoms with Crippen molar-refractivity contribution in [2.24, 2.45) is 0 Å². The third kappa shape index (κ3) is 4.51. The number of carbonyl (C=O) groups excluding carboxylic acids is 1. The van der Waals surface area contributed by atoms with Crippen molar-refractivity contribution >= 4 is 17.5 Å². The molecular weight excluding hydrogens is 405 g/mol. The molecule has 0 bridgehead atoms. The molecule has 0 aliphatic carbocycles. The Hall–Kier alpha value is -3.06. The smallest absolute Gasteiger partial charge is 0.348 e. The van der Waals surface area contributed by atoms with Gasteiger partial charge in [-0.3, -0.25) is 14.2 Å². The largest absolute Gasteiger partial charge is 0.416 e. The number of benzene rings is 2. The summed E-state index contributed by atoms with van der Waals surface area (Å²) in [5.74, 6) is -0.643. The van der Waals surface area contributed by atoms with Crippen LogP contribution in [-0.2, 0) is 12.7 Å². The number of hydrogen-bond donors (Lipinski definition) is 1. The molecule has 2 aromatic carbocycles. The zero-order valence-electron chi connectivity index (χ0n) is 15.3. The van der Waals surface area contributed by atoms with Crippen LogP contribution < -0.4 is 10.9 Å². The van der Waals surface area contributed by atoms with Crippen LogP contribution in [0.4, 0.5) is 13.2 Å². The van der Waals surface area contributed by atoms with Crippen molar-refractivity contribution < 1.29 is 18.0 Å². The Morgan fingerprint density at radius 3 is 2.48 bits per heavy atom. The van der Waals surface area contributed by atoms with Gasteiger partial charge in [-0.15, -0.1) is 0 Å². The second-order valence-electron chi connectivity index (χ2n) is 6.35. The van der Waals surface area contributed by atoms with Gasteiger partial charge in [0.15, 0.2) is 0 Å². The summed E-state index contributed by atoms with van der Waals surface area (Å²) in [6, 6.07) is 14.2. The Labute approximate surface area is 169 Å². The van der Waals surface area contributed by atoms with Crippen molar-refractivity contribution in [1.82, 2.24) is 9.88 Å². The van der Waals surface area contributed by atoms with Crippen LogP contribution in [-0.4, -0.2) is 10.5 Å². The zero-order valence-corrected chi connectivity index (χ0v) is 16.0. The number of nitrogens with zero attached hydrogens (tertiary/aromatic N) is 1. The van der Waals surface area contributed by atoms with Crippen LogP contribution in [0, 0.1) is 6.92 Å². The molecule has 150 valence electrons.